The number of rotatable bonds is 6. The van der Waals surface area contributed by atoms with Gasteiger partial charge in [-0.05, 0) is 37.9 Å². The quantitative estimate of drug-likeness (QED) is 0.807. The second-order valence-corrected chi connectivity index (χ2v) is 6.53. The lowest BCUT2D eigenvalue weighted by molar-refractivity contribution is -0.0334. The number of furan rings is 1. The Kier molecular flexibility index (Phi) is 4.84. The Morgan fingerprint density at radius 3 is 2.82 bits per heavy atom. The van der Waals surface area contributed by atoms with Crippen LogP contribution in [0.3, 0.4) is 0 Å². The van der Waals surface area contributed by atoms with E-state index in [4.69, 9.17) is 9.15 Å². The Bertz CT molecular complexity index is 510. The first kappa shape index (κ1) is 15.6. The summed E-state index contributed by atoms with van der Waals surface area (Å²) in [7, 11) is 2.10. The van der Waals surface area contributed by atoms with E-state index in [9.17, 15) is 4.79 Å². The molecule has 0 unspecified atom stereocenters. The average molecular weight is 306 g/mol. The van der Waals surface area contributed by atoms with Crippen LogP contribution in [-0.4, -0.2) is 61.6 Å². The van der Waals surface area contributed by atoms with Crippen molar-refractivity contribution in [3.63, 3.8) is 0 Å². The van der Waals surface area contributed by atoms with E-state index in [-0.39, 0.29) is 12.0 Å². The highest BCUT2D eigenvalue weighted by atomic mass is 16.5. The molecule has 1 saturated heterocycles. The standard InChI is InChI=1S/C17H26N2O3/c1-3-14-6-7-16(22-14)17(20)19(10-13-4-5-13)12-15-11-18(2)8-9-21-15/h6-7,13,15H,3-5,8-12H2,1-2H3/t15-/m1/s1. The summed E-state index contributed by atoms with van der Waals surface area (Å²) in [5.41, 5.74) is 0. The maximum atomic E-state index is 12.8. The molecule has 0 N–H and O–H groups in total. The zero-order chi connectivity index (χ0) is 15.5. The van der Waals surface area contributed by atoms with E-state index in [2.05, 4.69) is 11.9 Å². The predicted octanol–water partition coefficient (Wildman–Crippen LogP) is 2.02. The molecule has 0 aromatic carbocycles. The van der Waals surface area contributed by atoms with Gasteiger partial charge in [0.2, 0.25) is 0 Å². The molecule has 1 aliphatic heterocycles. The summed E-state index contributed by atoms with van der Waals surface area (Å²) in [6.45, 7) is 6.10. The van der Waals surface area contributed by atoms with E-state index in [1.54, 1.807) is 6.07 Å². The summed E-state index contributed by atoms with van der Waals surface area (Å²) < 4.78 is 11.5. The fraction of sp³-hybridized carbons (Fsp3) is 0.706. The van der Waals surface area contributed by atoms with Crippen LogP contribution < -0.4 is 0 Å². The van der Waals surface area contributed by atoms with Crippen LogP contribution in [0.4, 0.5) is 0 Å². The van der Waals surface area contributed by atoms with E-state index in [0.717, 1.165) is 38.4 Å². The lowest BCUT2D eigenvalue weighted by atomic mass is 10.2. The molecule has 2 fully saturated rings. The highest BCUT2D eigenvalue weighted by molar-refractivity contribution is 5.91. The van der Waals surface area contributed by atoms with Crippen molar-refractivity contribution in [2.75, 3.05) is 39.8 Å². The number of nitrogens with zero attached hydrogens (tertiary/aromatic N) is 2. The molecule has 0 bridgehead atoms. The third-order valence-electron chi connectivity index (χ3n) is 4.45. The summed E-state index contributed by atoms with van der Waals surface area (Å²) in [5, 5.41) is 0. The van der Waals surface area contributed by atoms with E-state index < -0.39 is 0 Å². The number of morpholine rings is 1. The molecule has 22 heavy (non-hydrogen) atoms. The first-order valence-corrected chi connectivity index (χ1v) is 8.34. The van der Waals surface area contributed by atoms with E-state index in [1.807, 2.05) is 17.9 Å². The number of hydrogen-bond acceptors (Lipinski definition) is 4. The Labute approximate surface area is 132 Å². The van der Waals surface area contributed by atoms with Gasteiger partial charge in [-0.1, -0.05) is 6.92 Å². The molecule has 1 aromatic heterocycles. The van der Waals surface area contributed by atoms with Gasteiger partial charge in [-0.3, -0.25) is 4.79 Å². The molecule has 122 valence electrons. The van der Waals surface area contributed by atoms with Gasteiger partial charge >= 0.3 is 0 Å². The highest BCUT2D eigenvalue weighted by Crippen LogP contribution is 2.30. The van der Waals surface area contributed by atoms with Gasteiger partial charge in [-0.25, -0.2) is 0 Å². The monoisotopic (exact) mass is 306 g/mol. The molecule has 3 rings (SSSR count). The van der Waals surface area contributed by atoms with Gasteiger partial charge in [0.1, 0.15) is 5.76 Å². The largest absolute Gasteiger partial charge is 0.456 e. The summed E-state index contributed by atoms with van der Waals surface area (Å²) in [6, 6.07) is 3.70. The molecule has 5 heteroatoms. The number of amides is 1. The van der Waals surface area contributed by atoms with E-state index in [0.29, 0.717) is 18.2 Å². The van der Waals surface area contributed by atoms with Crippen molar-refractivity contribution in [2.45, 2.75) is 32.3 Å². The maximum absolute atomic E-state index is 12.8. The third kappa shape index (κ3) is 3.90. The molecule has 1 saturated carbocycles. The van der Waals surface area contributed by atoms with Crippen molar-refractivity contribution >= 4 is 5.91 Å². The Morgan fingerprint density at radius 2 is 2.18 bits per heavy atom. The van der Waals surface area contributed by atoms with Crippen LogP contribution in [0.15, 0.2) is 16.5 Å². The molecular weight excluding hydrogens is 280 g/mol. The normalized spacial score (nSPS) is 22.7. The van der Waals surface area contributed by atoms with Crippen molar-refractivity contribution < 1.29 is 13.9 Å². The molecule has 0 radical (unpaired) electrons. The smallest absolute Gasteiger partial charge is 0.289 e. The average Bonchev–Trinajstić information content (AvgIpc) is 3.19. The summed E-state index contributed by atoms with van der Waals surface area (Å²) in [6.07, 6.45) is 3.37. The van der Waals surface area contributed by atoms with Crippen LogP contribution in [0.2, 0.25) is 0 Å². The lowest BCUT2D eigenvalue weighted by Gasteiger charge is -2.33. The lowest BCUT2D eigenvalue weighted by Crippen LogP contribution is -2.48. The minimum Gasteiger partial charge on any atom is -0.456 e. The number of hydrogen-bond donors (Lipinski definition) is 0. The van der Waals surface area contributed by atoms with Gasteiger partial charge in [0.15, 0.2) is 5.76 Å². The van der Waals surface area contributed by atoms with Gasteiger partial charge in [0.05, 0.1) is 12.7 Å². The van der Waals surface area contributed by atoms with Crippen LogP contribution in [0.5, 0.6) is 0 Å². The summed E-state index contributed by atoms with van der Waals surface area (Å²) in [4.78, 5) is 16.9. The number of carbonyl (C=O) groups is 1. The van der Waals surface area contributed by atoms with Crippen LogP contribution in [0.1, 0.15) is 36.1 Å². The number of carbonyl (C=O) groups excluding carboxylic acids is 1. The van der Waals surface area contributed by atoms with Crippen molar-refractivity contribution in [2.24, 2.45) is 5.92 Å². The maximum Gasteiger partial charge on any atom is 0.289 e. The van der Waals surface area contributed by atoms with Crippen molar-refractivity contribution in [3.05, 3.63) is 23.7 Å². The zero-order valence-electron chi connectivity index (χ0n) is 13.6. The second kappa shape index (κ2) is 6.84. The molecule has 2 aliphatic rings. The first-order chi connectivity index (χ1) is 10.7. The van der Waals surface area contributed by atoms with E-state index in [1.165, 1.54) is 12.8 Å². The van der Waals surface area contributed by atoms with Crippen molar-refractivity contribution in [1.29, 1.82) is 0 Å². The fourth-order valence-corrected chi connectivity index (χ4v) is 2.91. The molecular formula is C17H26N2O3. The first-order valence-electron chi connectivity index (χ1n) is 8.34. The number of ether oxygens (including phenoxy) is 1. The van der Waals surface area contributed by atoms with Crippen LogP contribution in [0.25, 0.3) is 0 Å². The summed E-state index contributed by atoms with van der Waals surface area (Å²) in [5.74, 6) is 1.99. The van der Waals surface area contributed by atoms with Gasteiger partial charge in [0.25, 0.3) is 5.91 Å². The number of aryl methyl sites for hydroxylation is 1. The topological polar surface area (TPSA) is 45.9 Å². The Hall–Kier alpha value is -1.33. The molecule has 1 aliphatic carbocycles. The van der Waals surface area contributed by atoms with Gasteiger partial charge in [-0.15, -0.1) is 0 Å². The van der Waals surface area contributed by atoms with Crippen LogP contribution in [0, 0.1) is 5.92 Å². The molecule has 1 aromatic rings. The zero-order valence-corrected chi connectivity index (χ0v) is 13.6. The SMILES string of the molecule is CCc1ccc(C(=O)N(CC2CC2)C[C@H]2CN(C)CCO2)o1. The molecule has 5 nitrogen and oxygen atoms in total. The van der Waals surface area contributed by atoms with E-state index >= 15 is 0 Å². The van der Waals surface area contributed by atoms with Gasteiger partial charge in [0, 0.05) is 32.6 Å². The fourth-order valence-electron chi connectivity index (χ4n) is 2.91. The molecule has 1 amide bonds. The minimum atomic E-state index is 0.00317. The second-order valence-electron chi connectivity index (χ2n) is 6.53. The number of likely N-dealkylation sites (N-methyl/N-ethyl adjacent to an activating group) is 1. The molecule has 1 atom stereocenters. The van der Waals surface area contributed by atoms with Crippen LogP contribution >= 0.6 is 0 Å². The van der Waals surface area contributed by atoms with Gasteiger partial charge < -0.3 is 19.0 Å². The van der Waals surface area contributed by atoms with Crippen molar-refractivity contribution in [1.82, 2.24) is 9.80 Å². The Morgan fingerprint density at radius 1 is 1.36 bits per heavy atom. The van der Waals surface area contributed by atoms with Gasteiger partial charge in [-0.2, -0.15) is 0 Å². The molecule has 2 heterocycles. The predicted molar refractivity (Wildman–Crippen MR) is 84.0 cm³/mol. The van der Waals surface area contributed by atoms with Crippen LogP contribution in [-0.2, 0) is 11.2 Å². The third-order valence-corrected chi connectivity index (χ3v) is 4.45. The molecule has 0 spiro atoms. The Balaban J connectivity index is 1.66. The van der Waals surface area contributed by atoms with Crippen molar-refractivity contribution in [3.8, 4) is 0 Å². The highest BCUT2D eigenvalue weighted by Gasteiger charge is 2.31. The summed E-state index contributed by atoms with van der Waals surface area (Å²) >= 11 is 0. The minimum absolute atomic E-state index is 0.00317.